The Hall–Kier alpha value is -3.74. The zero-order valence-corrected chi connectivity index (χ0v) is 19.4. The van der Waals surface area contributed by atoms with Gasteiger partial charge in [-0.1, -0.05) is 0 Å². The maximum absolute atomic E-state index is 13.2. The molecule has 2 aliphatic rings. The summed E-state index contributed by atoms with van der Waals surface area (Å²) in [6.45, 7) is 3.70. The predicted molar refractivity (Wildman–Crippen MR) is 121 cm³/mol. The first-order valence-electron chi connectivity index (χ1n) is 11.7. The lowest BCUT2D eigenvalue weighted by atomic mass is 9.97. The molecule has 0 atom stereocenters. The standard InChI is InChI=1S/C23H23F3N8O2/c1-13-31-19(20(36-13)23(24,25)26)22(35)32-6-3-15(4-7-32)33-10-16(11-33)34-9-14(8-30-34)18-17-2-5-27-21(17)29-12-28-18/h2,5,8-9,12,15-16H,3-4,6-7,10-11H2,1H3,(H,27,28,29). The van der Waals surface area contributed by atoms with Crippen molar-refractivity contribution in [3.8, 4) is 11.3 Å². The number of carbonyl (C=O) groups is 1. The molecule has 2 aliphatic heterocycles. The van der Waals surface area contributed by atoms with Gasteiger partial charge in [0.15, 0.2) is 11.6 Å². The van der Waals surface area contributed by atoms with Crippen molar-refractivity contribution in [2.45, 2.75) is 38.0 Å². The van der Waals surface area contributed by atoms with Crippen LogP contribution < -0.4 is 0 Å². The van der Waals surface area contributed by atoms with Gasteiger partial charge in [0.05, 0.1) is 17.9 Å². The number of aromatic amines is 1. The number of aryl methyl sites for hydroxylation is 1. The van der Waals surface area contributed by atoms with E-state index >= 15 is 0 Å². The molecular weight excluding hydrogens is 477 g/mol. The number of amides is 1. The molecule has 1 N–H and O–H groups in total. The van der Waals surface area contributed by atoms with Crippen molar-refractivity contribution in [1.29, 1.82) is 0 Å². The van der Waals surface area contributed by atoms with Gasteiger partial charge in [-0.25, -0.2) is 15.0 Å². The highest BCUT2D eigenvalue weighted by Crippen LogP contribution is 2.34. The van der Waals surface area contributed by atoms with E-state index in [0.29, 0.717) is 25.9 Å². The smallest absolute Gasteiger partial charge is 0.436 e. The molecule has 13 heteroatoms. The van der Waals surface area contributed by atoms with Crippen molar-refractivity contribution in [3.05, 3.63) is 48.3 Å². The van der Waals surface area contributed by atoms with Crippen LogP contribution in [0.4, 0.5) is 13.2 Å². The van der Waals surface area contributed by atoms with Crippen molar-refractivity contribution in [1.82, 2.24) is 39.5 Å². The number of alkyl halides is 3. The van der Waals surface area contributed by atoms with Gasteiger partial charge in [0, 0.05) is 62.5 Å². The first-order valence-corrected chi connectivity index (χ1v) is 11.7. The lowest BCUT2D eigenvalue weighted by Gasteiger charge is -2.47. The van der Waals surface area contributed by atoms with Gasteiger partial charge in [0.1, 0.15) is 12.0 Å². The molecule has 6 heterocycles. The number of oxazole rings is 1. The summed E-state index contributed by atoms with van der Waals surface area (Å²) in [5, 5.41) is 5.48. The van der Waals surface area contributed by atoms with E-state index in [2.05, 4.69) is 34.4 Å². The summed E-state index contributed by atoms with van der Waals surface area (Å²) in [7, 11) is 0. The fraction of sp³-hybridized carbons (Fsp3) is 0.435. The molecule has 0 unspecified atom stereocenters. The minimum Gasteiger partial charge on any atom is -0.436 e. The molecule has 188 valence electrons. The number of hydrogen-bond donors (Lipinski definition) is 1. The molecule has 0 bridgehead atoms. The number of nitrogens with one attached hydrogen (secondary N) is 1. The number of nitrogens with zero attached hydrogens (tertiary/aromatic N) is 7. The van der Waals surface area contributed by atoms with Crippen LogP contribution in [-0.4, -0.2) is 77.6 Å². The van der Waals surface area contributed by atoms with Crippen LogP contribution in [0.5, 0.6) is 0 Å². The van der Waals surface area contributed by atoms with Gasteiger partial charge < -0.3 is 14.3 Å². The first-order chi connectivity index (χ1) is 17.3. The normalized spacial score (nSPS) is 18.2. The summed E-state index contributed by atoms with van der Waals surface area (Å²) in [4.78, 5) is 31.9. The molecule has 1 amide bonds. The van der Waals surface area contributed by atoms with E-state index in [1.807, 2.05) is 29.3 Å². The van der Waals surface area contributed by atoms with E-state index in [0.717, 1.165) is 35.4 Å². The SMILES string of the molecule is Cc1nc(C(=O)N2CCC(N3CC(n4cc(-c5ncnc6[nH]ccc56)cn4)C3)CC2)c(C(F)(F)F)o1. The monoisotopic (exact) mass is 500 g/mol. The summed E-state index contributed by atoms with van der Waals surface area (Å²) in [6.07, 6.45) is 3.78. The van der Waals surface area contributed by atoms with Crippen LogP contribution in [0.2, 0.25) is 0 Å². The Kier molecular flexibility index (Phi) is 5.32. The number of aromatic nitrogens is 6. The highest BCUT2D eigenvalue weighted by molar-refractivity contribution is 5.93. The molecule has 2 fully saturated rings. The second-order valence-electron chi connectivity index (χ2n) is 9.21. The number of piperidine rings is 1. The molecule has 2 saturated heterocycles. The number of H-pyrrole nitrogens is 1. The molecule has 0 spiro atoms. The van der Waals surface area contributed by atoms with Gasteiger partial charge in [-0.2, -0.15) is 18.3 Å². The number of likely N-dealkylation sites (tertiary alicyclic amines) is 2. The van der Waals surface area contributed by atoms with E-state index in [4.69, 9.17) is 0 Å². The van der Waals surface area contributed by atoms with Crippen LogP contribution in [0.3, 0.4) is 0 Å². The van der Waals surface area contributed by atoms with Crippen LogP contribution in [0.25, 0.3) is 22.3 Å². The molecular formula is C23H23F3N8O2. The number of carbonyl (C=O) groups excluding carboxylic acids is 1. The Morgan fingerprint density at radius 2 is 1.94 bits per heavy atom. The second kappa shape index (κ2) is 8.43. The van der Waals surface area contributed by atoms with Crippen molar-refractivity contribution in [2.24, 2.45) is 0 Å². The molecule has 0 aliphatic carbocycles. The van der Waals surface area contributed by atoms with Crippen molar-refractivity contribution >= 4 is 16.9 Å². The number of halogens is 3. The molecule has 36 heavy (non-hydrogen) atoms. The largest absolute Gasteiger partial charge is 0.452 e. The minimum absolute atomic E-state index is 0.175. The summed E-state index contributed by atoms with van der Waals surface area (Å²) in [5.74, 6) is -2.23. The molecule has 0 saturated carbocycles. The minimum atomic E-state index is -4.76. The summed E-state index contributed by atoms with van der Waals surface area (Å²) in [5.41, 5.74) is 1.88. The van der Waals surface area contributed by atoms with Gasteiger partial charge in [0.2, 0.25) is 5.76 Å². The van der Waals surface area contributed by atoms with E-state index in [1.165, 1.54) is 18.2 Å². The molecule has 4 aromatic rings. The Labute approximate surface area is 203 Å². The summed E-state index contributed by atoms with van der Waals surface area (Å²) in [6, 6.07) is 2.44. The van der Waals surface area contributed by atoms with Crippen molar-refractivity contribution in [2.75, 3.05) is 26.2 Å². The molecule has 6 rings (SSSR count). The van der Waals surface area contributed by atoms with Crippen LogP contribution in [0, 0.1) is 6.92 Å². The molecule has 4 aromatic heterocycles. The van der Waals surface area contributed by atoms with E-state index < -0.39 is 23.5 Å². The zero-order valence-electron chi connectivity index (χ0n) is 19.4. The van der Waals surface area contributed by atoms with Crippen LogP contribution in [-0.2, 0) is 6.18 Å². The summed E-state index contributed by atoms with van der Waals surface area (Å²) >= 11 is 0. The van der Waals surface area contributed by atoms with Crippen LogP contribution in [0.1, 0.15) is 41.0 Å². The Morgan fingerprint density at radius 3 is 2.69 bits per heavy atom. The van der Waals surface area contributed by atoms with Crippen LogP contribution in [0.15, 0.2) is 35.4 Å². The average Bonchev–Trinajstić information content (AvgIpc) is 3.57. The predicted octanol–water partition coefficient (Wildman–Crippen LogP) is 3.30. The first kappa shape index (κ1) is 22.7. The molecule has 10 nitrogen and oxygen atoms in total. The van der Waals surface area contributed by atoms with Gasteiger partial charge in [0.25, 0.3) is 5.91 Å². The Bertz CT molecular complexity index is 1410. The average molecular weight is 500 g/mol. The molecule has 0 radical (unpaired) electrons. The van der Waals surface area contributed by atoms with E-state index in [9.17, 15) is 18.0 Å². The number of rotatable bonds is 4. The van der Waals surface area contributed by atoms with Crippen LogP contribution >= 0.6 is 0 Å². The lowest BCUT2D eigenvalue weighted by molar-refractivity contribution is -0.153. The fourth-order valence-corrected chi connectivity index (χ4v) is 5.06. The number of fused-ring (bicyclic) bond motifs is 1. The Balaban J connectivity index is 1.05. The van der Waals surface area contributed by atoms with Gasteiger partial charge >= 0.3 is 6.18 Å². The lowest BCUT2D eigenvalue weighted by Crippen LogP contribution is -2.56. The third kappa shape index (κ3) is 3.92. The summed E-state index contributed by atoms with van der Waals surface area (Å²) < 4.78 is 46.3. The maximum atomic E-state index is 13.2. The maximum Gasteiger partial charge on any atom is 0.452 e. The van der Waals surface area contributed by atoms with Gasteiger partial charge in [-0.3, -0.25) is 14.4 Å². The molecule has 0 aromatic carbocycles. The van der Waals surface area contributed by atoms with Gasteiger partial charge in [-0.05, 0) is 18.9 Å². The van der Waals surface area contributed by atoms with Crippen molar-refractivity contribution in [3.63, 3.8) is 0 Å². The topological polar surface area (TPSA) is 109 Å². The van der Waals surface area contributed by atoms with Gasteiger partial charge in [-0.15, -0.1) is 0 Å². The zero-order chi connectivity index (χ0) is 25.0. The van der Waals surface area contributed by atoms with Crippen molar-refractivity contribution < 1.29 is 22.4 Å². The second-order valence-corrected chi connectivity index (χ2v) is 9.21. The fourth-order valence-electron chi connectivity index (χ4n) is 5.06. The number of hydrogen-bond acceptors (Lipinski definition) is 7. The Morgan fingerprint density at radius 1 is 1.17 bits per heavy atom. The highest BCUT2D eigenvalue weighted by Gasteiger charge is 2.43. The quantitative estimate of drug-likeness (QED) is 0.458. The highest BCUT2D eigenvalue weighted by atomic mass is 19.4. The third-order valence-corrected chi connectivity index (χ3v) is 6.96. The third-order valence-electron chi connectivity index (χ3n) is 6.96. The van der Waals surface area contributed by atoms with E-state index in [-0.39, 0.29) is 18.0 Å². The van der Waals surface area contributed by atoms with E-state index in [1.54, 1.807) is 0 Å².